The molecule has 0 aliphatic heterocycles. The van der Waals surface area contributed by atoms with E-state index in [9.17, 15) is 14.9 Å². The van der Waals surface area contributed by atoms with Gasteiger partial charge < -0.3 is 15.8 Å². The summed E-state index contributed by atoms with van der Waals surface area (Å²) in [6.07, 6.45) is 5.62. The number of para-hydroxylation sites is 2. The molecule has 0 spiro atoms. The standard InChI is InChI=1S/C18H25N3O4.ClH/c19-14-10-12-4-3-5-13(11-14)18(12)20-17(22)8-9-25-16-7-2-1-6-15(16)21(23)24;/h1-2,6-7,12-14,18H,3-5,8-11,19H2,(H,20,22);1H. The van der Waals surface area contributed by atoms with Crippen molar-refractivity contribution in [2.75, 3.05) is 6.61 Å². The lowest BCUT2D eigenvalue weighted by Crippen LogP contribution is -2.53. The zero-order chi connectivity index (χ0) is 17.8. The predicted molar refractivity (Wildman–Crippen MR) is 100 cm³/mol. The van der Waals surface area contributed by atoms with Crippen LogP contribution >= 0.6 is 12.4 Å². The highest BCUT2D eigenvalue weighted by Gasteiger charge is 2.39. The summed E-state index contributed by atoms with van der Waals surface area (Å²) in [6.45, 7) is 0.123. The Kier molecular flexibility index (Phi) is 7.23. The molecule has 3 rings (SSSR count). The fourth-order valence-electron chi connectivity index (χ4n) is 4.27. The average molecular weight is 384 g/mol. The Bertz CT molecular complexity index is 629. The second kappa shape index (κ2) is 9.19. The van der Waals surface area contributed by atoms with Gasteiger partial charge in [-0.1, -0.05) is 18.6 Å². The van der Waals surface area contributed by atoms with E-state index in [1.807, 2.05) is 0 Å². The Morgan fingerprint density at radius 2 is 1.92 bits per heavy atom. The van der Waals surface area contributed by atoms with Crippen LogP contribution in [-0.4, -0.2) is 29.5 Å². The van der Waals surface area contributed by atoms with E-state index in [4.69, 9.17) is 10.5 Å². The van der Waals surface area contributed by atoms with Crippen molar-refractivity contribution in [2.24, 2.45) is 17.6 Å². The first-order chi connectivity index (χ1) is 12.0. The van der Waals surface area contributed by atoms with Crippen molar-refractivity contribution in [3.05, 3.63) is 34.4 Å². The molecule has 1 aromatic rings. The van der Waals surface area contributed by atoms with Crippen LogP contribution in [0, 0.1) is 22.0 Å². The molecule has 26 heavy (non-hydrogen) atoms. The van der Waals surface area contributed by atoms with Gasteiger partial charge in [0.15, 0.2) is 5.75 Å². The molecule has 0 heterocycles. The highest BCUT2D eigenvalue weighted by atomic mass is 35.5. The van der Waals surface area contributed by atoms with Gasteiger partial charge in [-0.2, -0.15) is 0 Å². The molecule has 2 unspecified atom stereocenters. The molecule has 2 saturated carbocycles. The number of nitrogens with two attached hydrogens (primary N) is 1. The van der Waals surface area contributed by atoms with E-state index in [0.717, 1.165) is 25.7 Å². The molecule has 2 aliphatic carbocycles. The summed E-state index contributed by atoms with van der Waals surface area (Å²) in [7, 11) is 0. The van der Waals surface area contributed by atoms with Crippen LogP contribution in [0.25, 0.3) is 0 Å². The SMILES string of the molecule is Cl.NC1CC2CCCC(C1)C2NC(=O)CCOc1ccccc1[N+](=O)[O-]. The number of carbonyl (C=O) groups excluding carboxylic acids is 1. The van der Waals surface area contributed by atoms with Crippen molar-refractivity contribution < 1.29 is 14.5 Å². The van der Waals surface area contributed by atoms with E-state index in [1.54, 1.807) is 18.2 Å². The van der Waals surface area contributed by atoms with Crippen LogP contribution in [0.1, 0.15) is 38.5 Å². The Morgan fingerprint density at radius 3 is 2.58 bits per heavy atom. The van der Waals surface area contributed by atoms with Gasteiger partial charge in [0.25, 0.3) is 0 Å². The molecule has 0 radical (unpaired) electrons. The van der Waals surface area contributed by atoms with Crippen LogP contribution in [0.15, 0.2) is 24.3 Å². The third kappa shape index (κ3) is 4.86. The first kappa shape index (κ1) is 20.5. The summed E-state index contributed by atoms with van der Waals surface area (Å²) in [5, 5.41) is 14.1. The fraction of sp³-hybridized carbons (Fsp3) is 0.611. The lowest BCUT2D eigenvalue weighted by atomic mass is 9.67. The van der Waals surface area contributed by atoms with Crippen LogP contribution in [0.5, 0.6) is 5.75 Å². The van der Waals surface area contributed by atoms with Crippen molar-refractivity contribution in [1.82, 2.24) is 5.32 Å². The van der Waals surface area contributed by atoms with E-state index in [2.05, 4.69) is 5.32 Å². The van der Waals surface area contributed by atoms with E-state index in [-0.39, 0.29) is 54.9 Å². The predicted octanol–water partition coefficient (Wildman–Crippen LogP) is 2.81. The first-order valence-corrected chi connectivity index (χ1v) is 8.95. The maximum absolute atomic E-state index is 12.3. The normalized spacial score (nSPS) is 27.1. The van der Waals surface area contributed by atoms with Crippen LogP contribution < -0.4 is 15.8 Å². The molecule has 0 saturated heterocycles. The molecule has 2 fully saturated rings. The number of rotatable bonds is 6. The number of hydrogen-bond acceptors (Lipinski definition) is 5. The van der Waals surface area contributed by atoms with Gasteiger partial charge in [0.1, 0.15) is 0 Å². The minimum atomic E-state index is -0.484. The van der Waals surface area contributed by atoms with Crippen LogP contribution in [0.3, 0.4) is 0 Å². The highest BCUT2D eigenvalue weighted by molar-refractivity contribution is 5.85. The summed E-state index contributed by atoms with van der Waals surface area (Å²) in [5.74, 6) is 1.09. The Hall–Kier alpha value is -1.86. The van der Waals surface area contributed by atoms with Crippen LogP contribution in [0.4, 0.5) is 5.69 Å². The minimum absolute atomic E-state index is 0. The molecule has 7 nitrogen and oxygen atoms in total. The quantitative estimate of drug-likeness (QED) is 0.580. The minimum Gasteiger partial charge on any atom is -0.486 e. The molecule has 2 atom stereocenters. The molecule has 1 aromatic carbocycles. The van der Waals surface area contributed by atoms with Gasteiger partial charge >= 0.3 is 5.69 Å². The molecule has 3 N–H and O–H groups in total. The average Bonchev–Trinajstić information content (AvgIpc) is 2.56. The topological polar surface area (TPSA) is 107 Å². The number of nitrogens with zero attached hydrogens (tertiary/aromatic N) is 1. The van der Waals surface area contributed by atoms with E-state index >= 15 is 0 Å². The van der Waals surface area contributed by atoms with Crippen molar-refractivity contribution in [3.63, 3.8) is 0 Å². The molecule has 2 bridgehead atoms. The summed E-state index contributed by atoms with van der Waals surface area (Å²) in [6, 6.07) is 6.67. The Balaban J connectivity index is 0.00000243. The number of ether oxygens (including phenoxy) is 1. The summed E-state index contributed by atoms with van der Waals surface area (Å²) in [5.41, 5.74) is 6.03. The van der Waals surface area contributed by atoms with Gasteiger partial charge in [-0.15, -0.1) is 12.4 Å². The number of amides is 1. The van der Waals surface area contributed by atoms with Crippen molar-refractivity contribution in [2.45, 2.75) is 50.6 Å². The second-order valence-corrected chi connectivity index (χ2v) is 7.10. The number of benzene rings is 1. The molecular formula is C18H26ClN3O4. The number of hydrogen-bond donors (Lipinski definition) is 2. The number of nitro groups is 1. The summed E-state index contributed by atoms with van der Waals surface area (Å²) < 4.78 is 5.45. The van der Waals surface area contributed by atoms with Gasteiger partial charge in [0.2, 0.25) is 5.91 Å². The molecule has 2 aliphatic rings. The van der Waals surface area contributed by atoms with Crippen LogP contribution in [-0.2, 0) is 4.79 Å². The molecule has 144 valence electrons. The first-order valence-electron chi connectivity index (χ1n) is 8.95. The number of carbonyl (C=O) groups is 1. The molecule has 8 heteroatoms. The molecule has 0 aromatic heterocycles. The van der Waals surface area contributed by atoms with Gasteiger partial charge in [-0.05, 0) is 43.6 Å². The van der Waals surface area contributed by atoms with Gasteiger partial charge in [-0.25, -0.2) is 0 Å². The lowest BCUT2D eigenvalue weighted by molar-refractivity contribution is -0.385. The molecular weight excluding hydrogens is 358 g/mol. The monoisotopic (exact) mass is 383 g/mol. The van der Waals surface area contributed by atoms with E-state index < -0.39 is 4.92 Å². The van der Waals surface area contributed by atoms with Crippen molar-refractivity contribution >= 4 is 24.0 Å². The van der Waals surface area contributed by atoms with E-state index in [1.165, 1.54) is 12.5 Å². The number of halogens is 1. The van der Waals surface area contributed by atoms with Crippen molar-refractivity contribution in [1.29, 1.82) is 0 Å². The smallest absolute Gasteiger partial charge is 0.310 e. The Labute approximate surface area is 159 Å². The zero-order valence-electron chi connectivity index (χ0n) is 14.6. The summed E-state index contributed by atoms with van der Waals surface area (Å²) >= 11 is 0. The van der Waals surface area contributed by atoms with Crippen molar-refractivity contribution in [3.8, 4) is 5.75 Å². The maximum atomic E-state index is 12.3. The maximum Gasteiger partial charge on any atom is 0.310 e. The van der Waals surface area contributed by atoms with Crippen LogP contribution in [0.2, 0.25) is 0 Å². The summed E-state index contributed by atoms with van der Waals surface area (Å²) in [4.78, 5) is 22.7. The zero-order valence-corrected chi connectivity index (χ0v) is 15.5. The largest absolute Gasteiger partial charge is 0.486 e. The van der Waals surface area contributed by atoms with Gasteiger partial charge in [-0.3, -0.25) is 14.9 Å². The molecule has 1 amide bonds. The number of nitrogens with one attached hydrogen (secondary N) is 1. The third-order valence-corrected chi connectivity index (χ3v) is 5.35. The lowest BCUT2D eigenvalue weighted by Gasteiger charge is -2.45. The highest BCUT2D eigenvalue weighted by Crippen LogP contribution is 2.39. The number of nitro benzene ring substituents is 1. The second-order valence-electron chi connectivity index (χ2n) is 7.10. The fourth-order valence-corrected chi connectivity index (χ4v) is 4.27. The van der Waals surface area contributed by atoms with Gasteiger partial charge in [0, 0.05) is 18.2 Å². The third-order valence-electron chi connectivity index (χ3n) is 5.35. The van der Waals surface area contributed by atoms with Gasteiger partial charge in [0.05, 0.1) is 18.0 Å². The van der Waals surface area contributed by atoms with E-state index in [0.29, 0.717) is 11.8 Å². The Morgan fingerprint density at radius 1 is 1.27 bits per heavy atom. The number of fused-ring (bicyclic) bond motifs is 2.